The number of nitrogens with one attached hydrogen (secondary N) is 1. The quantitative estimate of drug-likeness (QED) is 0.868. The summed E-state index contributed by atoms with van der Waals surface area (Å²) in [6, 6.07) is 9.79. The lowest BCUT2D eigenvalue weighted by molar-refractivity contribution is -0.119. The van der Waals surface area contributed by atoms with Crippen molar-refractivity contribution < 1.29 is 13.2 Å². The molecule has 1 aromatic carbocycles. The zero-order chi connectivity index (χ0) is 17.1. The molecule has 1 fully saturated rings. The second-order valence-corrected chi connectivity index (χ2v) is 9.37. The number of carbonyl (C=O) groups is 1. The predicted octanol–water partition coefficient (Wildman–Crippen LogP) is 2.83. The van der Waals surface area contributed by atoms with Crippen LogP contribution in [-0.4, -0.2) is 31.4 Å². The summed E-state index contributed by atoms with van der Waals surface area (Å²) in [5.74, 6) is -0.791. The summed E-state index contributed by atoms with van der Waals surface area (Å²) in [7, 11) is -3.33. The van der Waals surface area contributed by atoms with Gasteiger partial charge in [-0.3, -0.25) is 4.79 Å². The predicted molar refractivity (Wildman–Crippen MR) is 93.1 cm³/mol. The molecule has 1 amide bonds. The highest BCUT2D eigenvalue weighted by Crippen LogP contribution is 2.27. The Morgan fingerprint density at radius 3 is 2.35 bits per heavy atom. The van der Waals surface area contributed by atoms with Gasteiger partial charge in [0, 0.05) is 11.5 Å². The molecule has 1 atom stereocenters. The number of benzene rings is 1. The van der Waals surface area contributed by atoms with Crippen molar-refractivity contribution in [2.75, 3.05) is 5.75 Å². The topological polar surface area (TPSA) is 63.2 Å². The molecule has 0 aliphatic heterocycles. The second kappa shape index (κ2) is 7.04. The zero-order valence-corrected chi connectivity index (χ0v) is 15.0. The number of carbonyl (C=O) groups excluding carboxylic acids is 1. The van der Waals surface area contributed by atoms with Gasteiger partial charge in [-0.05, 0) is 25.3 Å². The average Bonchev–Trinajstić information content (AvgIpc) is 3.02. The number of hydrogen-bond acceptors (Lipinski definition) is 3. The maximum absolute atomic E-state index is 12.3. The van der Waals surface area contributed by atoms with Crippen molar-refractivity contribution in [3.63, 3.8) is 0 Å². The van der Waals surface area contributed by atoms with E-state index in [2.05, 4.69) is 19.2 Å². The smallest absolute Gasteiger partial charge is 0.235 e. The average molecular weight is 337 g/mol. The molecule has 128 valence electrons. The van der Waals surface area contributed by atoms with Gasteiger partial charge in [0.25, 0.3) is 0 Å². The van der Waals surface area contributed by atoms with E-state index in [0.29, 0.717) is 12.8 Å². The van der Waals surface area contributed by atoms with Gasteiger partial charge in [0.1, 0.15) is 5.75 Å². The highest BCUT2D eigenvalue weighted by atomic mass is 32.2. The molecule has 1 aliphatic carbocycles. The van der Waals surface area contributed by atoms with Crippen LogP contribution < -0.4 is 5.32 Å². The maximum Gasteiger partial charge on any atom is 0.235 e. The van der Waals surface area contributed by atoms with Gasteiger partial charge in [0.2, 0.25) is 5.91 Å². The van der Waals surface area contributed by atoms with Crippen LogP contribution in [0.15, 0.2) is 30.3 Å². The van der Waals surface area contributed by atoms with E-state index in [0.717, 1.165) is 18.4 Å². The number of hydrogen-bond donors (Lipinski definition) is 1. The van der Waals surface area contributed by atoms with Crippen molar-refractivity contribution in [2.45, 2.75) is 63.2 Å². The van der Waals surface area contributed by atoms with Crippen LogP contribution in [0.1, 0.15) is 52.0 Å². The van der Waals surface area contributed by atoms with E-state index in [1.807, 2.05) is 37.3 Å². The van der Waals surface area contributed by atoms with Crippen LogP contribution in [0, 0.1) is 0 Å². The standard InChI is InChI=1S/C18H27NO3S/c1-14(18(2,3)15-9-5-4-6-10-15)19-17(20)13-23(21,22)16-11-7-8-12-16/h4-6,9-10,14,16H,7-8,11-13H2,1-3H3,(H,19,20)/t14-/m1/s1. The first-order valence-electron chi connectivity index (χ1n) is 8.30. The molecule has 4 nitrogen and oxygen atoms in total. The third-order valence-corrected chi connectivity index (χ3v) is 7.27. The summed E-state index contributed by atoms with van der Waals surface area (Å²) in [5, 5.41) is 2.55. The molecule has 23 heavy (non-hydrogen) atoms. The monoisotopic (exact) mass is 337 g/mol. The molecule has 0 unspecified atom stereocenters. The Morgan fingerprint density at radius 1 is 1.22 bits per heavy atom. The van der Waals surface area contributed by atoms with Crippen molar-refractivity contribution in [3.8, 4) is 0 Å². The first-order valence-corrected chi connectivity index (χ1v) is 10.0. The minimum Gasteiger partial charge on any atom is -0.352 e. The fraction of sp³-hybridized carbons (Fsp3) is 0.611. The van der Waals surface area contributed by atoms with Crippen molar-refractivity contribution in [2.24, 2.45) is 0 Å². The summed E-state index contributed by atoms with van der Waals surface area (Å²) in [4.78, 5) is 12.2. The van der Waals surface area contributed by atoms with E-state index >= 15 is 0 Å². The van der Waals surface area contributed by atoms with Gasteiger partial charge in [-0.2, -0.15) is 0 Å². The number of amides is 1. The van der Waals surface area contributed by atoms with E-state index in [9.17, 15) is 13.2 Å². The molecule has 0 spiro atoms. The van der Waals surface area contributed by atoms with E-state index in [1.165, 1.54) is 0 Å². The molecular formula is C18H27NO3S. The van der Waals surface area contributed by atoms with Crippen molar-refractivity contribution >= 4 is 15.7 Å². The fourth-order valence-corrected chi connectivity index (χ4v) is 4.87. The van der Waals surface area contributed by atoms with Crippen LogP contribution in [0.2, 0.25) is 0 Å². The normalized spacial score (nSPS) is 17.9. The van der Waals surface area contributed by atoms with E-state index < -0.39 is 21.5 Å². The van der Waals surface area contributed by atoms with Crippen molar-refractivity contribution in [1.82, 2.24) is 5.32 Å². The van der Waals surface area contributed by atoms with Gasteiger partial charge in [0.15, 0.2) is 9.84 Å². The summed E-state index contributed by atoms with van der Waals surface area (Å²) < 4.78 is 24.6. The molecule has 0 bridgehead atoms. The Balaban J connectivity index is 1.99. The largest absolute Gasteiger partial charge is 0.352 e. The summed E-state index contributed by atoms with van der Waals surface area (Å²) >= 11 is 0. The molecule has 1 aromatic rings. The third-order valence-electron chi connectivity index (χ3n) is 5.12. The third kappa shape index (κ3) is 4.34. The summed E-state index contributed by atoms with van der Waals surface area (Å²) in [6.45, 7) is 6.03. The first-order chi connectivity index (χ1) is 10.7. The Labute approximate surface area is 139 Å². The van der Waals surface area contributed by atoms with Crippen molar-refractivity contribution in [1.29, 1.82) is 0 Å². The van der Waals surface area contributed by atoms with Gasteiger partial charge < -0.3 is 5.32 Å². The minimum absolute atomic E-state index is 0.156. The van der Waals surface area contributed by atoms with Crippen LogP contribution in [-0.2, 0) is 20.0 Å². The molecule has 2 rings (SSSR count). The first kappa shape index (κ1) is 18.0. The van der Waals surface area contributed by atoms with Crippen LogP contribution in [0.25, 0.3) is 0 Å². The molecule has 1 saturated carbocycles. The Kier molecular flexibility index (Phi) is 5.50. The molecule has 5 heteroatoms. The SMILES string of the molecule is C[C@@H](NC(=O)CS(=O)(=O)C1CCCC1)C(C)(C)c1ccccc1. The zero-order valence-electron chi connectivity index (χ0n) is 14.2. The molecular weight excluding hydrogens is 310 g/mol. The molecule has 0 heterocycles. The summed E-state index contributed by atoms with van der Waals surface area (Å²) in [5.41, 5.74) is 0.847. The van der Waals surface area contributed by atoms with Gasteiger partial charge in [-0.25, -0.2) is 8.42 Å². The summed E-state index contributed by atoms with van der Waals surface area (Å²) in [6.07, 6.45) is 3.28. The lowest BCUT2D eigenvalue weighted by Crippen LogP contribution is -2.47. The van der Waals surface area contributed by atoms with E-state index in [-0.39, 0.29) is 16.7 Å². The van der Waals surface area contributed by atoms with Crippen LogP contribution >= 0.6 is 0 Å². The minimum atomic E-state index is -3.33. The van der Waals surface area contributed by atoms with E-state index in [1.54, 1.807) is 0 Å². The lowest BCUT2D eigenvalue weighted by atomic mass is 9.78. The van der Waals surface area contributed by atoms with Gasteiger partial charge in [0.05, 0.1) is 5.25 Å². The molecule has 0 saturated heterocycles. The molecule has 1 N–H and O–H groups in total. The highest BCUT2D eigenvalue weighted by molar-refractivity contribution is 7.92. The lowest BCUT2D eigenvalue weighted by Gasteiger charge is -2.33. The molecule has 0 aromatic heterocycles. The van der Waals surface area contributed by atoms with Crippen LogP contribution in [0.3, 0.4) is 0 Å². The Hall–Kier alpha value is -1.36. The number of sulfone groups is 1. The maximum atomic E-state index is 12.3. The van der Waals surface area contributed by atoms with E-state index in [4.69, 9.17) is 0 Å². The van der Waals surface area contributed by atoms with Gasteiger partial charge >= 0.3 is 0 Å². The Bertz CT molecular complexity index is 631. The molecule has 1 aliphatic rings. The van der Waals surface area contributed by atoms with Gasteiger partial charge in [-0.15, -0.1) is 0 Å². The second-order valence-electron chi connectivity index (χ2n) is 7.09. The van der Waals surface area contributed by atoms with Crippen LogP contribution in [0.4, 0.5) is 0 Å². The van der Waals surface area contributed by atoms with Crippen LogP contribution in [0.5, 0.6) is 0 Å². The van der Waals surface area contributed by atoms with Crippen molar-refractivity contribution in [3.05, 3.63) is 35.9 Å². The fourth-order valence-electron chi connectivity index (χ4n) is 3.13. The Morgan fingerprint density at radius 2 is 1.78 bits per heavy atom. The number of rotatable bonds is 6. The molecule has 0 radical (unpaired) electrons. The highest BCUT2D eigenvalue weighted by Gasteiger charge is 2.33. The van der Waals surface area contributed by atoms with Gasteiger partial charge in [-0.1, -0.05) is 57.0 Å².